The number of hydrogen-bond donors (Lipinski definition) is 2. The Kier molecular flexibility index (Phi) is 3.38. The van der Waals surface area contributed by atoms with Crippen molar-refractivity contribution in [3.05, 3.63) is 17.5 Å². The third-order valence-corrected chi connectivity index (χ3v) is 2.96. The quantitative estimate of drug-likeness (QED) is 0.672. The fourth-order valence-corrected chi connectivity index (χ4v) is 1.59. The van der Waals surface area contributed by atoms with E-state index in [-0.39, 0.29) is 0 Å². The van der Waals surface area contributed by atoms with E-state index in [0.717, 1.165) is 25.7 Å². The molecule has 1 aliphatic carbocycles. The van der Waals surface area contributed by atoms with E-state index in [1.165, 1.54) is 24.1 Å². The third kappa shape index (κ3) is 3.04. The molecule has 1 heterocycles. The summed E-state index contributed by atoms with van der Waals surface area (Å²) >= 11 is 0. The van der Waals surface area contributed by atoms with E-state index in [1.807, 2.05) is 17.9 Å². The molecule has 1 aromatic heterocycles. The molecule has 1 aliphatic rings. The molecule has 0 radical (unpaired) electrons. The summed E-state index contributed by atoms with van der Waals surface area (Å²) in [5, 5.41) is 11.1. The van der Waals surface area contributed by atoms with Gasteiger partial charge < -0.3 is 10.6 Å². The maximum atomic E-state index is 4.21. The summed E-state index contributed by atoms with van der Waals surface area (Å²) in [5.41, 5.74) is 2.54. The molecule has 1 fully saturated rings. The fourth-order valence-electron chi connectivity index (χ4n) is 1.59. The van der Waals surface area contributed by atoms with E-state index in [4.69, 9.17) is 0 Å². The molecule has 4 nitrogen and oxygen atoms in total. The van der Waals surface area contributed by atoms with Crippen LogP contribution in [0.4, 0.5) is 0 Å². The van der Waals surface area contributed by atoms with Crippen molar-refractivity contribution in [1.82, 2.24) is 20.4 Å². The number of nitrogens with zero attached hydrogens (tertiary/aromatic N) is 2. The smallest absolute Gasteiger partial charge is 0.0537 e. The Labute approximate surface area is 91.1 Å². The van der Waals surface area contributed by atoms with Crippen LogP contribution in [0.5, 0.6) is 0 Å². The van der Waals surface area contributed by atoms with Gasteiger partial charge in [0.2, 0.25) is 0 Å². The molecular weight excluding hydrogens is 188 g/mol. The lowest BCUT2D eigenvalue weighted by atomic mass is 10.2. The third-order valence-electron chi connectivity index (χ3n) is 2.96. The Morgan fingerprint density at radius 3 is 2.87 bits per heavy atom. The maximum absolute atomic E-state index is 4.21. The average Bonchev–Trinajstić information content (AvgIpc) is 2.99. The Balaban J connectivity index is 1.62. The van der Waals surface area contributed by atoms with E-state index < -0.39 is 0 Å². The number of nitrogens with one attached hydrogen (secondary N) is 2. The van der Waals surface area contributed by atoms with Gasteiger partial charge in [0.05, 0.1) is 6.20 Å². The molecule has 2 N–H and O–H groups in total. The summed E-state index contributed by atoms with van der Waals surface area (Å²) in [6.07, 6.45) is 4.67. The van der Waals surface area contributed by atoms with Crippen LogP contribution in [0.25, 0.3) is 0 Å². The highest BCUT2D eigenvalue weighted by Crippen LogP contribution is 2.17. The lowest BCUT2D eigenvalue weighted by molar-refractivity contribution is 0.607. The van der Waals surface area contributed by atoms with Crippen LogP contribution in [0, 0.1) is 6.92 Å². The van der Waals surface area contributed by atoms with Crippen LogP contribution in [0.2, 0.25) is 0 Å². The summed E-state index contributed by atoms with van der Waals surface area (Å²) in [4.78, 5) is 0. The van der Waals surface area contributed by atoms with Crippen molar-refractivity contribution in [2.75, 3.05) is 13.1 Å². The van der Waals surface area contributed by atoms with Crippen LogP contribution in [-0.2, 0) is 13.6 Å². The molecule has 2 rings (SSSR count). The molecule has 0 spiro atoms. The molecule has 0 aromatic carbocycles. The molecular formula is C11H20N4. The molecule has 0 atom stereocenters. The molecule has 4 heteroatoms. The second-order valence-electron chi connectivity index (χ2n) is 4.28. The van der Waals surface area contributed by atoms with Gasteiger partial charge in [-0.3, -0.25) is 4.68 Å². The lowest BCUT2D eigenvalue weighted by Crippen LogP contribution is -2.28. The zero-order chi connectivity index (χ0) is 10.7. The Hall–Kier alpha value is -0.870. The van der Waals surface area contributed by atoms with Crippen molar-refractivity contribution >= 4 is 0 Å². The zero-order valence-electron chi connectivity index (χ0n) is 9.58. The van der Waals surface area contributed by atoms with Crippen molar-refractivity contribution in [3.8, 4) is 0 Å². The van der Waals surface area contributed by atoms with E-state index in [2.05, 4.69) is 22.7 Å². The molecule has 0 amide bonds. The Bertz CT molecular complexity index is 314. The van der Waals surface area contributed by atoms with Gasteiger partial charge in [0, 0.05) is 44.0 Å². The summed E-state index contributed by atoms with van der Waals surface area (Å²) < 4.78 is 1.92. The zero-order valence-corrected chi connectivity index (χ0v) is 9.58. The van der Waals surface area contributed by atoms with Crippen LogP contribution in [0.3, 0.4) is 0 Å². The van der Waals surface area contributed by atoms with Gasteiger partial charge in [-0.15, -0.1) is 0 Å². The first-order chi connectivity index (χ1) is 7.27. The SMILES string of the molecule is Cc1c(CNCCNC2CC2)cnn1C. The van der Waals surface area contributed by atoms with Gasteiger partial charge in [-0.25, -0.2) is 0 Å². The number of hydrogen-bond acceptors (Lipinski definition) is 3. The molecule has 15 heavy (non-hydrogen) atoms. The van der Waals surface area contributed by atoms with Gasteiger partial charge in [-0.1, -0.05) is 0 Å². The standard InChI is InChI=1S/C11H20N4/c1-9-10(8-14-15(9)2)7-12-5-6-13-11-3-4-11/h8,11-13H,3-7H2,1-2H3. The largest absolute Gasteiger partial charge is 0.313 e. The molecule has 1 saturated carbocycles. The van der Waals surface area contributed by atoms with Crippen molar-refractivity contribution in [2.24, 2.45) is 7.05 Å². The van der Waals surface area contributed by atoms with E-state index in [1.54, 1.807) is 0 Å². The maximum Gasteiger partial charge on any atom is 0.0537 e. The predicted molar refractivity (Wildman–Crippen MR) is 60.7 cm³/mol. The van der Waals surface area contributed by atoms with Crippen molar-refractivity contribution in [1.29, 1.82) is 0 Å². The minimum absolute atomic E-state index is 0.812. The van der Waals surface area contributed by atoms with Crippen LogP contribution in [0.1, 0.15) is 24.1 Å². The van der Waals surface area contributed by atoms with Gasteiger partial charge in [0.15, 0.2) is 0 Å². The summed E-state index contributed by atoms with van der Waals surface area (Å²) in [6.45, 7) is 5.13. The normalized spacial score (nSPS) is 15.9. The fraction of sp³-hybridized carbons (Fsp3) is 0.727. The van der Waals surface area contributed by atoms with Crippen molar-refractivity contribution in [2.45, 2.75) is 32.4 Å². The van der Waals surface area contributed by atoms with Crippen molar-refractivity contribution < 1.29 is 0 Å². The first-order valence-electron chi connectivity index (χ1n) is 5.69. The van der Waals surface area contributed by atoms with Gasteiger partial charge in [0.1, 0.15) is 0 Å². The highest BCUT2D eigenvalue weighted by molar-refractivity contribution is 5.15. The monoisotopic (exact) mass is 208 g/mol. The molecule has 0 aliphatic heterocycles. The van der Waals surface area contributed by atoms with Crippen LogP contribution in [-0.4, -0.2) is 28.9 Å². The molecule has 0 bridgehead atoms. The van der Waals surface area contributed by atoms with Gasteiger partial charge in [-0.2, -0.15) is 5.10 Å². The highest BCUT2D eigenvalue weighted by Gasteiger charge is 2.19. The molecule has 0 saturated heterocycles. The number of aromatic nitrogens is 2. The first kappa shape index (κ1) is 10.6. The second kappa shape index (κ2) is 4.77. The van der Waals surface area contributed by atoms with Crippen LogP contribution >= 0.6 is 0 Å². The van der Waals surface area contributed by atoms with Gasteiger partial charge in [-0.05, 0) is 19.8 Å². The lowest BCUT2D eigenvalue weighted by Gasteiger charge is -2.05. The van der Waals surface area contributed by atoms with Gasteiger partial charge >= 0.3 is 0 Å². The molecule has 0 unspecified atom stereocenters. The highest BCUT2D eigenvalue weighted by atomic mass is 15.3. The minimum atomic E-state index is 0.812. The van der Waals surface area contributed by atoms with Crippen molar-refractivity contribution in [3.63, 3.8) is 0 Å². The average molecular weight is 208 g/mol. The van der Waals surface area contributed by atoms with Gasteiger partial charge in [0.25, 0.3) is 0 Å². The van der Waals surface area contributed by atoms with E-state index in [0.29, 0.717) is 0 Å². The van der Waals surface area contributed by atoms with Crippen LogP contribution in [0.15, 0.2) is 6.20 Å². The minimum Gasteiger partial charge on any atom is -0.313 e. The first-order valence-corrected chi connectivity index (χ1v) is 5.69. The Morgan fingerprint density at radius 2 is 2.27 bits per heavy atom. The number of aryl methyl sites for hydroxylation is 1. The van der Waals surface area contributed by atoms with E-state index in [9.17, 15) is 0 Å². The predicted octanol–water partition coefficient (Wildman–Crippen LogP) is 0.570. The van der Waals surface area contributed by atoms with Crippen LogP contribution < -0.4 is 10.6 Å². The Morgan fingerprint density at radius 1 is 1.47 bits per heavy atom. The summed E-state index contributed by atoms with van der Waals surface area (Å²) in [7, 11) is 1.98. The second-order valence-corrected chi connectivity index (χ2v) is 4.28. The van der Waals surface area contributed by atoms with E-state index >= 15 is 0 Å². The topological polar surface area (TPSA) is 41.9 Å². The molecule has 84 valence electrons. The number of rotatable bonds is 6. The molecule has 1 aromatic rings. The summed E-state index contributed by atoms with van der Waals surface area (Å²) in [6, 6.07) is 0.812. The summed E-state index contributed by atoms with van der Waals surface area (Å²) in [5.74, 6) is 0.